The molecule has 0 saturated carbocycles. The van der Waals surface area contributed by atoms with Crippen molar-refractivity contribution in [1.82, 2.24) is 20.5 Å². The number of carbonyl (C=O) groups excluding carboxylic acids is 1. The van der Waals surface area contributed by atoms with Gasteiger partial charge in [0.05, 0.1) is 12.0 Å². The average molecular weight is 304 g/mol. The smallest absolute Gasteiger partial charge is 0.408 e. The number of rotatable bonds is 4. The first-order valence-electron chi connectivity index (χ1n) is 6.59. The lowest BCUT2D eigenvalue weighted by Gasteiger charge is -2.28. The molecule has 8 heteroatoms. The number of ether oxygens (including phenoxy) is 1. The van der Waals surface area contributed by atoms with Crippen LogP contribution in [0.25, 0.3) is 0 Å². The second-order valence-electron chi connectivity index (χ2n) is 6.47. The number of amides is 1. The van der Waals surface area contributed by atoms with Crippen LogP contribution in [0.3, 0.4) is 0 Å². The van der Waals surface area contributed by atoms with Crippen LogP contribution in [0.15, 0.2) is 0 Å². The van der Waals surface area contributed by atoms with Crippen molar-refractivity contribution >= 4 is 6.09 Å². The molecule has 0 radical (unpaired) electrons. The molecule has 0 unspecified atom stereocenters. The van der Waals surface area contributed by atoms with Crippen LogP contribution in [0.4, 0.5) is 13.6 Å². The zero-order valence-electron chi connectivity index (χ0n) is 13.2. The van der Waals surface area contributed by atoms with E-state index in [0.29, 0.717) is 0 Å². The first kappa shape index (κ1) is 17.3. The molecule has 6 nitrogen and oxygen atoms in total. The van der Waals surface area contributed by atoms with Crippen LogP contribution in [-0.4, -0.2) is 32.8 Å². The largest absolute Gasteiger partial charge is 0.444 e. The Hall–Kier alpha value is -1.73. The summed E-state index contributed by atoms with van der Waals surface area (Å²) in [6.07, 6.45) is -0.611. The van der Waals surface area contributed by atoms with Gasteiger partial charge in [-0.25, -0.2) is 18.6 Å². The van der Waals surface area contributed by atoms with E-state index in [0.717, 1.165) is 6.92 Å². The van der Waals surface area contributed by atoms with Crippen molar-refractivity contribution in [2.24, 2.45) is 0 Å². The van der Waals surface area contributed by atoms with Crippen molar-refractivity contribution in [2.45, 2.75) is 65.0 Å². The Bertz CT molecular complexity index is 501. The molecule has 1 rings (SSSR count). The van der Waals surface area contributed by atoms with Crippen LogP contribution in [0.5, 0.6) is 0 Å². The third-order valence-electron chi connectivity index (χ3n) is 2.99. The highest BCUT2D eigenvalue weighted by atomic mass is 19.3. The number of alkyl halides is 2. The van der Waals surface area contributed by atoms with Crippen molar-refractivity contribution in [3.05, 3.63) is 11.6 Å². The van der Waals surface area contributed by atoms with Crippen molar-refractivity contribution in [3.8, 4) is 0 Å². The second kappa shape index (κ2) is 5.57. The van der Waals surface area contributed by atoms with Crippen molar-refractivity contribution in [2.75, 3.05) is 0 Å². The molecule has 0 bridgehead atoms. The first-order chi connectivity index (χ1) is 9.33. The molecule has 0 atom stereocenters. The number of alkyl carbamates (subject to hydrolysis) is 1. The van der Waals surface area contributed by atoms with Crippen molar-refractivity contribution in [1.29, 1.82) is 0 Å². The minimum atomic E-state index is -2.97. The van der Waals surface area contributed by atoms with Crippen LogP contribution in [-0.2, 0) is 16.7 Å². The fourth-order valence-corrected chi connectivity index (χ4v) is 1.32. The highest BCUT2D eigenvalue weighted by Crippen LogP contribution is 2.36. The van der Waals surface area contributed by atoms with Gasteiger partial charge in [0, 0.05) is 6.92 Å². The molecule has 1 amide bonds. The number of carbonyl (C=O) groups is 1. The van der Waals surface area contributed by atoms with E-state index in [1.165, 1.54) is 13.8 Å². The number of halogens is 2. The molecule has 0 aliphatic carbocycles. The van der Waals surface area contributed by atoms with Gasteiger partial charge in [-0.2, -0.15) is 5.10 Å². The normalized spacial score (nSPS) is 13.1. The van der Waals surface area contributed by atoms with E-state index in [9.17, 15) is 13.6 Å². The lowest BCUT2D eigenvalue weighted by molar-refractivity contribution is -0.0501. The van der Waals surface area contributed by atoms with Crippen molar-refractivity contribution < 1.29 is 18.3 Å². The monoisotopic (exact) mass is 304 g/mol. The van der Waals surface area contributed by atoms with Gasteiger partial charge in [-0.15, -0.1) is 0 Å². The summed E-state index contributed by atoms with van der Waals surface area (Å²) < 4.78 is 32.1. The van der Waals surface area contributed by atoms with Gasteiger partial charge in [0.2, 0.25) is 0 Å². The molecule has 1 aromatic heterocycles. The topological polar surface area (TPSA) is 79.9 Å². The van der Waals surface area contributed by atoms with Gasteiger partial charge >= 0.3 is 6.09 Å². The summed E-state index contributed by atoms with van der Waals surface area (Å²) >= 11 is 0. The third kappa shape index (κ3) is 4.64. The summed E-state index contributed by atoms with van der Waals surface area (Å²) in [6.45, 7) is 8.79. The maximum Gasteiger partial charge on any atom is 0.408 e. The molecule has 0 saturated heterocycles. The van der Waals surface area contributed by atoms with Crippen LogP contribution in [0.1, 0.15) is 53.2 Å². The molecule has 21 heavy (non-hydrogen) atoms. The Kier molecular flexibility index (Phi) is 4.60. The first-order valence-corrected chi connectivity index (χ1v) is 6.59. The van der Waals surface area contributed by atoms with Gasteiger partial charge in [-0.1, -0.05) is 0 Å². The number of nitrogens with zero attached hydrogens (tertiary/aromatic N) is 2. The molecule has 120 valence electrons. The Balaban J connectivity index is 2.67. The summed E-state index contributed by atoms with van der Waals surface area (Å²) in [5.41, 5.74) is -2.11. The predicted octanol–water partition coefficient (Wildman–Crippen LogP) is 2.76. The Morgan fingerprint density at radius 1 is 1.24 bits per heavy atom. The fraction of sp³-hybridized carbons (Fsp3) is 0.769. The van der Waals surface area contributed by atoms with Gasteiger partial charge in [0.15, 0.2) is 5.82 Å². The lowest BCUT2D eigenvalue weighted by Crippen LogP contribution is -2.38. The van der Waals surface area contributed by atoms with Gasteiger partial charge < -0.3 is 10.1 Å². The molecule has 0 spiro atoms. The van der Waals surface area contributed by atoms with Gasteiger partial charge in [0.1, 0.15) is 11.4 Å². The summed E-state index contributed by atoms with van der Waals surface area (Å²) in [4.78, 5) is 15.5. The minimum absolute atomic E-state index is 0.00371. The highest BCUT2D eigenvalue weighted by molar-refractivity contribution is 5.67. The molecular formula is C13H22F2N4O2. The van der Waals surface area contributed by atoms with Gasteiger partial charge in [-0.05, 0) is 34.6 Å². The zero-order valence-corrected chi connectivity index (χ0v) is 13.2. The maximum absolute atomic E-state index is 13.5. The van der Waals surface area contributed by atoms with E-state index in [1.54, 1.807) is 20.8 Å². The SMILES string of the molecule is CC(C)(C)OC(=O)NCc1nc(C(C)(C)C(C)(F)F)n[nH]1. The Morgan fingerprint density at radius 2 is 1.81 bits per heavy atom. The molecule has 0 aliphatic rings. The van der Waals surface area contributed by atoms with E-state index in [1.807, 2.05) is 0 Å². The third-order valence-corrected chi connectivity index (χ3v) is 2.99. The van der Waals surface area contributed by atoms with Crippen molar-refractivity contribution in [3.63, 3.8) is 0 Å². The van der Waals surface area contributed by atoms with E-state index in [-0.39, 0.29) is 18.2 Å². The number of H-pyrrole nitrogens is 1. The molecule has 1 heterocycles. The van der Waals surface area contributed by atoms with Crippen LogP contribution in [0.2, 0.25) is 0 Å². The predicted molar refractivity (Wildman–Crippen MR) is 73.1 cm³/mol. The Labute approximate surface area is 122 Å². The summed E-state index contributed by atoms with van der Waals surface area (Å²) in [7, 11) is 0. The van der Waals surface area contributed by atoms with Gasteiger partial charge in [-0.3, -0.25) is 5.10 Å². The maximum atomic E-state index is 13.5. The Morgan fingerprint density at radius 3 is 2.29 bits per heavy atom. The average Bonchev–Trinajstić information content (AvgIpc) is 2.71. The van der Waals surface area contributed by atoms with Crippen LogP contribution < -0.4 is 5.32 Å². The molecular weight excluding hydrogens is 282 g/mol. The lowest BCUT2D eigenvalue weighted by atomic mass is 9.86. The van der Waals surface area contributed by atoms with E-state index in [2.05, 4.69) is 20.5 Å². The minimum Gasteiger partial charge on any atom is -0.444 e. The molecule has 0 fully saturated rings. The summed E-state index contributed by atoms with van der Waals surface area (Å²) in [6, 6.07) is 0. The van der Waals surface area contributed by atoms with Gasteiger partial charge in [0.25, 0.3) is 5.92 Å². The quantitative estimate of drug-likeness (QED) is 0.896. The molecule has 2 N–H and O–H groups in total. The van der Waals surface area contributed by atoms with Crippen LogP contribution in [0, 0.1) is 0 Å². The van der Waals surface area contributed by atoms with E-state index in [4.69, 9.17) is 4.74 Å². The van der Waals surface area contributed by atoms with E-state index < -0.39 is 23.0 Å². The molecule has 0 aliphatic heterocycles. The molecule has 0 aromatic carbocycles. The molecule has 1 aromatic rings. The standard InChI is InChI=1S/C13H22F2N4O2/c1-11(2,3)21-10(20)16-7-8-17-9(19-18-8)12(4,5)13(6,14)15/h7H2,1-6H3,(H,16,20)(H,17,18,19). The number of hydrogen-bond donors (Lipinski definition) is 2. The number of hydrogen-bond acceptors (Lipinski definition) is 4. The number of aromatic amines is 1. The van der Waals surface area contributed by atoms with Crippen LogP contribution >= 0.6 is 0 Å². The summed E-state index contributed by atoms with van der Waals surface area (Å²) in [5, 5.41) is 8.81. The zero-order chi connectivity index (χ0) is 16.5. The summed E-state index contributed by atoms with van der Waals surface area (Å²) in [5.74, 6) is -2.69. The highest BCUT2D eigenvalue weighted by Gasteiger charge is 2.46. The number of aromatic nitrogens is 3. The fourth-order valence-electron chi connectivity index (χ4n) is 1.32. The number of nitrogens with one attached hydrogen (secondary N) is 2. The van der Waals surface area contributed by atoms with E-state index >= 15 is 0 Å². The second-order valence-corrected chi connectivity index (χ2v) is 6.47.